The van der Waals surface area contributed by atoms with Crippen molar-refractivity contribution >= 4 is 77.6 Å². The summed E-state index contributed by atoms with van der Waals surface area (Å²) in [4.78, 5) is 4.76. The molecule has 3 nitrogen and oxygen atoms in total. The molecule has 62 heavy (non-hydrogen) atoms. The monoisotopic (exact) mass is 796 g/mol. The standard InChI is InChI=1S/C58H37FN2O/c1-36-29-32-39(33-30-36)61(52-28-14-22-44-43-21-13-25-49(59)56(43)62-57(44)52)53-35-48-55(42-20-8-7-19-41(42)53)54-40-18-6-5-15-37(40)31-34-47(54)58(48)45-23-9-11-26-50(45)60(38-16-3-2-4-17-38)51-27-12-10-24-46(51)58/h2-35H,1H3. The summed E-state index contributed by atoms with van der Waals surface area (Å²) in [5.74, 6) is -0.374. The smallest absolute Gasteiger partial charge is 0.171 e. The summed E-state index contributed by atoms with van der Waals surface area (Å²) in [5.41, 5.74) is 15.0. The second-order valence-corrected chi connectivity index (χ2v) is 16.6. The average Bonchev–Trinajstić information content (AvgIpc) is 3.86. The first-order valence-corrected chi connectivity index (χ1v) is 21.2. The maximum atomic E-state index is 15.5. The number of anilines is 6. The van der Waals surface area contributed by atoms with Gasteiger partial charge in [0.1, 0.15) is 0 Å². The molecule has 0 radical (unpaired) electrons. The molecule has 0 amide bonds. The summed E-state index contributed by atoms with van der Waals surface area (Å²) >= 11 is 0. The van der Waals surface area contributed by atoms with Crippen molar-refractivity contribution in [1.29, 1.82) is 0 Å². The van der Waals surface area contributed by atoms with Crippen LogP contribution in [0, 0.1) is 12.7 Å². The molecule has 1 aromatic heterocycles. The molecule has 1 spiro atoms. The minimum Gasteiger partial charge on any atom is -0.451 e. The van der Waals surface area contributed by atoms with Gasteiger partial charge in [0.25, 0.3) is 0 Å². The van der Waals surface area contributed by atoms with Gasteiger partial charge in [0.05, 0.1) is 28.2 Å². The second-order valence-electron chi connectivity index (χ2n) is 16.6. The van der Waals surface area contributed by atoms with E-state index in [1.165, 1.54) is 50.2 Å². The quantitative estimate of drug-likeness (QED) is 0.177. The molecule has 0 atom stereocenters. The zero-order chi connectivity index (χ0) is 41.1. The van der Waals surface area contributed by atoms with Crippen molar-refractivity contribution in [2.45, 2.75) is 12.3 Å². The van der Waals surface area contributed by atoms with E-state index in [2.05, 4.69) is 199 Å². The van der Waals surface area contributed by atoms with E-state index in [0.717, 1.165) is 61.2 Å². The molecule has 0 N–H and O–H groups in total. The predicted molar refractivity (Wildman–Crippen MR) is 254 cm³/mol. The molecule has 1 aliphatic carbocycles. The van der Waals surface area contributed by atoms with Gasteiger partial charge < -0.3 is 14.2 Å². The SMILES string of the molecule is Cc1ccc(N(c2cc3c(c4ccccc24)-c2c(ccc4ccccc24)C32c3ccccc3N(c3ccccc3)c3ccccc32)c2cccc3c2oc2c(F)cccc23)cc1. The largest absolute Gasteiger partial charge is 0.451 e. The zero-order valence-electron chi connectivity index (χ0n) is 33.8. The summed E-state index contributed by atoms with van der Waals surface area (Å²) < 4.78 is 22.1. The van der Waals surface area contributed by atoms with Crippen molar-refractivity contribution in [3.63, 3.8) is 0 Å². The minimum atomic E-state index is -0.709. The van der Waals surface area contributed by atoms with E-state index >= 15 is 4.39 Å². The third-order valence-electron chi connectivity index (χ3n) is 13.4. The number of hydrogen-bond acceptors (Lipinski definition) is 3. The van der Waals surface area contributed by atoms with E-state index in [1.807, 2.05) is 12.1 Å². The Morgan fingerprint density at radius 2 is 1.05 bits per heavy atom. The average molecular weight is 797 g/mol. The van der Waals surface area contributed by atoms with Crippen molar-refractivity contribution in [3.8, 4) is 11.1 Å². The Kier molecular flexibility index (Phi) is 7.32. The van der Waals surface area contributed by atoms with E-state index < -0.39 is 5.41 Å². The second kappa shape index (κ2) is 13.0. The highest BCUT2D eigenvalue weighted by molar-refractivity contribution is 6.18. The van der Waals surface area contributed by atoms with Crippen molar-refractivity contribution in [1.82, 2.24) is 0 Å². The molecule has 0 bridgehead atoms. The van der Waals surface area contributed by atoms with Gasteiger partial charge in [-0.3, -0.25) is 0 Å². The lowest BCUT2D eigenvalue weighted by Gasteiger charge is -2.45. The number of aryl methyl sites for hydroxylation is 1. The molecule has 0 unspecified atom stereocenters. The summed E-state index contributed by atoms with van der Waals surface area (Å²) in [7, 11) is 0. The van der Waals surface area contributed by atoms with Crippen LogP contribution in [0.1, 0.15) is 27.8 Å². The molecule has 0 saturated heterocycles. The predicted octanol–water partition coefficient (Wildman–Crippen LogP) is 16.0. The Balaban J connectivity index is 1.21. The molecule has 292 valence electrons. The molecule has 1 aliphatic heterocycles. The first kappa shape index (κ1) is 34.9. The summed E-state index contributed by atoms with van der Waals surface area (Å²) in [6.45, 7) is 2.11. The van der Waals surface area contributed by atoms with Crippen molar-refractivity contribution in [3.05, 3.63) is 240 Å². The van der Waals surface area contributed by atoms with Gasteiger partial charge in [-0.05, 0) is 111 Å². The van der Waals surface area contributed by atoms with Crippen LogP contribution in [0.3, 0.4) is 0 Å². The van der Waals surface area contributed by atoms with Gasteiger partial charge in [-0.15, -0.1) is 0 Å². The van der Waals surface area contributed by atoms with E-state index in [0.29, 0.717) is 5.58 Å². The number of nitrogens with zero attached hydrogens (tertiary/aromatic N) is 2. The van der Waals surface area contributed by atoms with Gasteiger partial charge in [-0.2, -0.15) is 0 Å². The molecule has 11 aromatic rings. The number of halogens is 1. The highest BCUT2D eigenvalue weighted by Crippen LogP contribution is 2.66. The number of hydrogen-bond donors (Lipinski definition) is 0. The first-order chi connectivity index (χ1) is 30.6. The van der Waals surface area contributed by atoms with Crippen molar-refractivity contribution in [2.75, 3.05) is 9.80 Å². The zero-order valence-corrected chi connectivity index (χ0v) is 33.8. The lowest BCUT2D eigenvalue weighted by molar-refractivity contribution is 0.584. The van der Waals surface area contributed by atoms with Gasteiger partial charge in [0, 0.05) is 27.5 Å². The van der Waals surface area contributed by atoms with E-state index in [9.17, 15) is 0 Å². The van der Waals surface area contributed by atoms with Crippen LogP contribution in [0.15, 0.2) is 211 Å². The molecule has 2 aliphatic rings. The van der Waals surface area contributed by atoms with Gasteiger partial charge in [-0.1, -0.05) is 157 Å². The molecule has 13 rings (SSSR count). The van der Waals surface area contributed by atoms with Gasteiger partial charge in [-0.25, -0.2) is 4.39 Å². The maximum absolute atomic E-state index is 15.5. The molecule has 4 heteroatoms. The van der Waals surface area contributed by atoms with Crippen molar-refractivity contribution in [2.24, 2.45) is 0 Å². The van der Waals surface area contributed by atoms with Crippen LogP contribution in [0.25, 0.3) is 54.6 Å². The molecular formula is C58H37FN2O. The fourth-order valence-corrected chi connectivity index (χ4v) is 10.8. The Morgan fingerprint density at radius 3 is 1.81 bits per heavy atom. The normalized spacial score (nSPS) is 13.4. The van der Waals surface area contributed by atoms with Crippen LogP contribution < -0.4 is 9.80 Å². The van der Waals surface area contributed by atoms with Gasteiger partial charge >= 0.3 is 0 Å². The third kappa shape index (κ3) is 4.64. The highest BCUT2D eigenvalue weighted by atomic mass is 19.1. The Morgan fingerprint density at radius 1 is 0.452 bits per heavy atom. The van der Waals surface area contributed by atoms with E-state index in [1.54, 1.807) is 6.07 Å². The van der Waals surface area contributed by atoms with Crippen LogP contribution in [-0.4, -0.2) is 0 Å². The number of furan rings is 1. The molecule has 10 aromatic carbocycles. The fraction of sp³-hybridized carbons (Fsp3) is 0.0345. The number of para-hydroxylation sites is 5. The van der Waals surface area contributed by atoms with Crippen LogP contribution >= 0.6 is 0 Å². The minimum absolute atomic E-state index is 0.261. The van der Waals surface area contributed by atoms with Crippen LogP contribution in [-0.2, 0) is 5.41 Å². The van der Waals surface area contributed by atoms with Gasteiger partial charge in [0.2, 0.25) is 0 Å². The Labute approximate surface area is 358 Å². The first-order valence-electron chi connectivity index (χ1n) is 21.2. The van der Waals surface area contributed by atoms with Crippen LogP contribution in [0.2, 0.25) is 0 Å². The Bertz CT molecular complexity index is 3580. The Hall–Kier alpha value is -7.95. The molecule has 0 fully saturated rings. The summed E-state index contributed by atoms with van der Waals surface area (Å²) in [5, 5.41) is 6.32. The fourth-order valence-electron chi connectivity index (χ4n) is 10.8. The topological polar surface area (TPSA) is 19.6 Å². The van der Waals surface area contributed by atoms with Gasteiger partial charge in [0.15, 0.2) is 17.0 Å². The number of benzene rings is 10. The maximum Gasteiger partial charge on any atom is 0.171 e. The third-order valence-corrected chi connectivity index (χ3v) is 13.4. The molecular weight excluding hydrogens is 760 g/mol. The van der Waals surface area contributed by atoms with Crippen LogP contribution in [0.4, 0.5) is 38.5 Å². The summed E-state index contributed by atoms with van der Waals surface area (Å²) in [6, 6.07) is 73.5. The highest BCUT2D eigenvalue weighted by Gasteiger charge is 2.53. The lowest BCUT2D eigenvalue weighted by atomic mass is 9.64. The summed E-state index contributed by atoms with van der Waals surface area (Å²) in [6.07, 6.45) is 0. The van der Waals surface area contributed by atoms with Crippen LogP contribution in [0.5, 0.6) is 0 Å². The van der Waals surface area contributed by atoms with Crippen molar-refractivity contribution < 1.29 is 8.81 Å². The molecule has 2 heterocycles. The van der Waals surface area contributed by atoms with E-state index in [4.69, 9.17) is 4.42 Å². The lowest BCUT2D eigenvalue weighted by Crippen LogP contribution is -2.36. The number of fused-ring (bicyclic) bond motifs is 16. The molecule has 0 saturated carbocycles. The number of rotatable bonds is 4. The van der Waals surface area contributed by atoms with E-state index in [-0.39, 0.29) is 11.4 Å².